The molecule has 2 saturated heterocycles. The third kappa shape index (κ3) is 2.64. The SMILES string of the molecule is Cl.Cn1nccc1CN1CCC2CNCC2C1. The Hall–Kier alpha value is -0.580. The maximum Gasteiger partial charge on any atom is 0.0521 e. The highest BCUT2D eigenvalue weighted by Gasteiger charge is 2.32. The number of halogens is 1. The Morgan fingerprint density at radius 3 is 3.00 bits per heavy atom. The Labute approximate surface area is 109 Å². The zero-order chi connectivity index (χ0) is 11.0. The van der Waals surface area contributed by atoms with Gasteiger partial charge in [-0.15, -0.1) is 12.4 Å². The molecule has 0 aromatic carbocycles. The van der Waals surface area contributed by atoms with Crippen molar-refractivity contribution in [3.63, 3.8) is 0 Å². The van der Waals surface area contributed by atoms with Gasteiger partial charge in [-0.3, -0.25) is 9.58 Å². The maximum absolute atomic E-state index is 4.23. The molecular weight excluding hydrogens is 236 g/mol. The minimum Gasteiger partial charge on any atom is -0.316 e. The van der Waals surface area contributed by atoms with Crippen molar-refractivity contribution in [1.82, 2.24) is 20.0 Å². The molecule has 0 bridgehead atoms. The lowest BCUT2D eigenvalue weighted by Gasteiger charge is -2.34. The number of hydrogen-bond acceptors (Lipinski definition) is 3. The van der Waals surface area contributed by atoms with Gasteiger partial charge >= 0.3 is 0 Å². The molecule has 2 unspecified atom stereocenters. The van der Waals surface area contributed by atoms with Crippen LogP contribution in [-0.4, -0.2) is 40.9 Å². The van der Waals surface area contributed by atoms with Crippen LogP contribution in [0.2, 0.25) is 0 Å². The van der Waals surface area contributed by atoms with E-state index in [0.29, 0.717) is 0 Å². The van der Waals surface area contributed by atoms with Crippen LogP contribution in [-0.2, 0) is 13.6 Å². The summed E-state index contributed by atoms with van der Waals surface area (Å²) in [4.78, 5) is 2.57. The molecule has 4 nitrogen and oxygen atoms in total. The van der Waals surface area contributed by atoms with E-state index in [-0.39, 0.29) is 12.4 Å². The summed E-state index contributed by atoms with van der Waals surface area (Å²) in [5.41, 5.74) is 1.32. The van der Waals surface area contributed by atoms with Gasteiger partial charge in [0.05, 0.1) is 5.69 Å². The molecule has 1 N–H and O–H groups in total. The van der Waals surface area contributed by atoms with Gasteiger partial charge in [0.2, 0.25) is 0 Å². The summed E-state index contributed by atoms with van der Waals surface area (Å²) in [6.45, 7) is 6.01. The van der Waals surface area contributed by atoms with E-state index in [4.69, 9.17) is 0 Å². The zero-order valence-electron chi connectivity index (χ0n) is 10.3. The third-order valence-corrected chi connectivity index (χ3v) is 4.10. The van der Waals surface area contributed by atoms with E-state index >= 15 is 0 Å². The van der Waals surface area contributed by atoms with E-state index in [1.165, 1.54) is 38.3 Å². The molecule has 2 aliphatic rings. The first-order valence-corrected chi connectivity index (χ1v) is 6.23. The molecule has 0 radical (unpaired) electrons. The number of piperidine rings is 1. The average Bonchev–Trinajstić information content (AvgIpc) is 2.88. The van der Waals surface area contributed by atoms with E-state index in [1.54, 1.807) is 0 Å². The largest absolute Gasteiger partial charge is 0.316 e. The Morgan fingerprint density at radius 2 is 2.24 bits per heavy atom. The molecule has 5 heteroatoms. The van der Waals surface area contributed by atoms with Crippen LogP contribution in [0.25, 0.3) is 0 Å². The molecule has 1 aromatic rings. The van der Waals surface area contributed by atoms with E-state index in [1.807, 2.05) is 17.9 Å². The second-order valence-electron chi connectivity index (χ2n) is 5.15. The molecule has 0 amide bonds. The predicted molar refractivity (Wildman–Crippen MR) is 70.2 cm³/mol. The van der Waals surface area contributed by atoms with Crippen molar-refractivity contribution in [1.29, 1.82) is 0 Å². The fourth-order valence-electron chi connectivity index (χ4n) is 3.04. The second kappa shape index (κ2) is 5.38. The number of rotatable bonds is 2. The third-order valence-electron chi connectivity index (χ3n) is 4.10. The lowest BCUT2D eigenvalue weighted by Crippen LogP contribution is -2.39. The van der Waals surface area contributed by atoms with Crippen LogP contribution < -0.4 is 5.32 Å². The van der Waals surface area contributed by atoms with E-state index in [0.717, 1.165) is 18.4 Å². The van der Waals surface area contributed by atoms with Gasteiger partial charge < -0.3 is 5.32 Å². The van der Waals surface area contributed by atoms with Gasteiger partial charge in [-0.25, -0.2) is 0 Å². The number of nitrogens with zero attached hydrogens (tertiary/aromatic N) is 3. The van der Waals surface area contributed by atoms with Crippen molar-refractivity contribution < 1.29 is 0 Å². The molecule has 3 heterocycles. The van der Waals surface area contributed by atoms with Crippen LogP contribution >= 0.6 is 12.4 Å². The Morgan fingerprint density at radius 1 is 1.41 bits per heavy atom. The number of hydrogen-bond donors (Lipinski definition) is 1. The summed E-state index contributed by atoms with van der Waals surface area (Å²) in [6, 6.07) is 2.12. The van der Waals surface area contributed by atoms with Crippen molar-refractivity contribution in [2.45, 2.75) is 13.0 Å². The highest BCUT2D eigenvalue weighted by atomic mass is 35.5. The summed E-state index contributed by atoms with van der Waals surface area (Å²) >= 11 is 0. The zero-order valence-corrected chi connectivity index (χ0v) is 11.1. The number of fused-ring (bicyclic) bond motifs is 1. The highest BCUT2D eigenvalue weighted by molar-refractivity contribution is 5.85. The van der Waals surface area contributed by atoms with Crippen molar-refractivity contribution in [2.24, 2.45) is 18.9 Å². The van der Waals surface area contributed by atoms with Crippen molar-refractivity contribution in [3.05, 3.63) is 18.0 Å². The van der Waals surface area contributed by atoms with Gasteiger partial charge in [0.15, 0.2) is 0 Å². The molecule has 17 heavy (non-hydrogen) atoms. The first kappa shape index (κ1) is 12.9. The Bertz CT molecular complexity index is 365. The van der Waals surface area contributed by atoms with E-state index in [2.05, 4.69) is 21.4 Å². The summed E-state index contributed by atoms with van der Waals surface area (Å²) in [6.07, 6.45) is 3.24. The van der Waals surface area contributed by atoms with Crippen LogP contribution in [0.4, 0.5) is 0 Å². The lowest BCUT2D eigenvalue weighted by molar-refractivity contribution is 0.139. The summed E-state index contributed by atoms with van der Waals surface area (Å²) < 4.78 is 1.99. The van der Waals surface area contributed by atoms with Crippen molar-refractivity contribution >= 4 is 12.4 Å². The van der Waals surface area contributed by atoms with Crippen LogP contribution in [0.5, 0.6) is 0 Å². The lowest BCUT2D eigenvalue weighted by atomic mass is 9.89. The topological polar surface area (TPSA) is 33.1 Å². The van der Waals surface area contributed by atoms with Gasteiger partial charge in [-0.05, 0) is 44.0 Å². The maximum atomic E-state index is 4.23. The van der Waals surface area contributed by atoms with Gasteiger partial charge in [0, 0.05) is 26.3 Å². The number of nitrogens with one attached hydrogen (secondary N) is 1. The number of aromatic nitrogens is 2. The summed E-state index contributed by atoms with van der Waals surface area (Å²) in [5, 5.41) is 7.74. The smallest absolute Gasteiger partial charge is 0.0521 e. The van der Waals surface area contributed by atoms with Crippen LogP contribution in [0, 0.1) is 11.8 Å². The molecule has 3 rings (SSSR count). The van der Waals surface area contributed by atoms with Crippen molar-refractivity contribution in [3.8, 4) is 0 Å². The molecule has 96 valence electrons. The molecule has 0 saturated carbocycles. The molecule has 2 aliphatic heterocycles. The molecule has 1 aromatic heterocycles. The van der Waals surface area contributed by atoms with Gasteiger partial charge in [-0.2, -0.15) is 5.10 Å². The Kier molecular flexibility index (Phi) is 4.07. The minimum atomic E-state index is 0. The molecular formula is C12H21ClN4. The molecule has 2 atom stereocenters. The highest BCUT2D eigenvalue weighted by Crippen LogP contribution is 2.27. The van der Waals surface area contributed by atoms with E-state index in [9.17, 15) is 0 Å². The fourth-order valence-corrected chi connectivity index (χ4v) is 3.04. The summed E-state index contributed by atoms with van der Waals surface area (Å²) in [5.74, 6) is 1.81. The van der Waals surface area contributed by atoms with Crippen LogP contribution in [0.15, 0.2) is 12.3 Å². The Balaban J connectivity index is 0.00000108. The predicted octanol–water partition coefficient (Wildman–Crippen LogP) is 0.883. The average molecular weight is 257 g/mol. The van der Waals surface area contributed by atoms with E-state index < -0.39 is 0 Å². The van der Waals surface area contributed by atoms with Gasteiger partial charge in [0.1, 0.15) is 0 Å². The van der Waals surface area contributed by atoms with Crippen LogP contribution in [0.1, 0.15) is 12.1 Å². The first-order valence-electron chi connectivity index (χ1n) is 6.23. The first-order chi connectivity index (χ1) is 7.83. The quantitative estimate of drug-likeness (QED) is 0.853. The fraction of sp³-hybridized carbons (Fsp3) is 0.750. The number of likely N-dealkylation sites (tertiary alicyclic amines) is 1. The molecule has 2 fully saturated rings. The monoisotopic (exact) mass is 256 g/mol. The normalized spacial score (nSPS) is 28.8. The second-order valence-corrected chi connectivity index (χ2v) is 5.15. The molecule has 0 spiro atoms. The standard InChI is InChI=1S/C12H20N4.ClH/c1-15-12(2-4-14-15)9-16-5-3-10-6-13-7-11(10)8-16;/h2,4,10-11,13H,3,5-9H2,1H3;1H. The minimum absolute atomic E-state index is 0. The van der Waals surface area contributed by atoms with Crippen molar-refractivity contribution in [2.75, 3.05) is 26.2 Å². The summed E-state index contributed by atoms with van der Waals surface area (Å²) in [7, 11) is 2.03. The number of aryl methyl sites for hydroxylation is 1. The molecule has 0 aliphatic carbocycles. The van der Waals surface area contributed by atoms with Gasteiger partial charge in [0.25, 0.3) is 0 Å². The van der Waals surface area contributed by atoms with Crippen LogP contribution in [0.3, 0.4) is 0 Å². The van der Waals surface area contributed by atoms with Gasteiger partial charge in [-0.1, -0.05) is 0 Å².